The molecule has 2 aromatic carbocycles. The second kappa shape index (κ2) is 21.4. The van der Waals surface area contributed by atoms with Gasteiger partial charge in [-0.2, -0.15) is 0 Å². The topological polar surface area (TPSA) is 40.2 Å². The summed E-state index contributed by atoms with van der Waals surface area (Å²) in [6.45, 7) is 21.0. The number of aromatic nitrogens is 1. The number of hydrogen-bond donors (Lipinski definition) is 2. The van der Waals surface area contributed by atoms with E-state index in [1.807, 2.05) is 12.3 Å². The van der Waals surface area contributed by atoms with Crippen molar-refractivity contribution in [2.24, 2.45) is 0 Å². The fourth-order valence-corrected chi connectivity index (χ4v) is 5.86. The Morgan fingerprint density at radius 1 is 0.628 bits per heavy atom. The summed E-state index contributed by atoms with van der Waals surface area (Å²) in [6.07, 6.45) is 8.26. The molecule has 0 saturated carbocycles. The van der Waals surface area contributed by atoms with Crippen molar-refractivity contribution in [2.45, 2.75) is 113 Å². The maximum Gasteiger partial charge on any atom is 2.00 e. The number of hydrogen-bond acceptors (Lipinski definition) is 4. The molecule has 2 atom stereocenters. The average Bonchev–Trinajstić information content (AvgIpc) is 2.97. The van der Waals surface area contributed by atoms with E-state index < -0.39 is 0 Å². The molecule has 1 heterocycles. The molecule has 2 N–H and O–H groups in total. The van der Waals surface area contributed by atoms with Gasteiger partial charge in [0.2, 0.25) is 0 Å². The van der Waals surface area contributed by atoms with Crippen molar-refractivity contribution in [3.05, 3.63) is 87.7 Å². The predicted molar refractivity (Wildman–Crippen MR) is 175 cm³/mol. The zero-order valence-corrected chi connectivity index (χ0v) is 31.8. The minimum absolute atomic E-state index is 0. The first-order valence-electron chi connectivity index (χ1n) is 15.8. The fourth-order valence-electron chi connectivity index (χ4n) is 5.86. The van der Waals surface area contributed by atoms with Crippen LogP contribution in [0.2, 0.25) is 0 Å². The van der Waals surface area contributed by atoms with Crippen LogP contribution in [0.15, 0.2) is 48.7 Å². The van der Waals surface area contributed by atoms with E-state index in [2.05, 4.69) is 112 Å². The van der Waals surface area contributed by atoms with Crippen LogP contribution < -0.4 is 44.6 Å². The quantitative estimate of drug-likeness (QED) is 0.236. The van der Waals surface area contributed by atoms with Crippen molar-refractivity contribution in [3.63, 3.8) is 0 Å². The van der Waals surface area contributed by atoms with Crippen LogP contribution >= 0.6 is 0 Å². The van der Waals surface area contributed by atoms with Crippen LogP contribution in [0.1, 0.15) is 94.5 Å². The molecule has 0 fully saturated rings. The summed E-state index contributed by atoms with van der Waals surface area (Å²) in [7, 11) is 0. The Balaban J connectivity index is 0.00000588. The number of nitrogens with zero attached hydrogens (tertiary/aromatic N) is 2. The zero-order chi connectivity index (χ0) is 29.1. The first-order valence-corrected chi connectivity index (χ1v) is 15.8. The molecule has 3 rings (SSSR count). The number of rotatable bonds is 16. The van der Waals surface area contributed by atoms with E-state index in [1.165, 1.54) is 44.8 Å². The zero-order valence-electron chi connectivity index (χ0n) is 27.6. The van der Waals surface area contributed by atoms with Crippen LogP contribution in [-0.2, 0) is 61.8 Å². The van der Waals surface area contributed by atoms with E-state index in [4.69, 9.17) is 0 Å². The van der Waals surface area contributed by atoms with Gasteiger partial charge in [0.25, 0.3) is 0 Å². The Labute approximate surface area is 294 Å². The van der Waals surface area contributed by atoms with Gasteiger partial charge in [-0.3, -0.25) is 9.88 Å². The molecular weight excluding hydrogens is 707 g/mol. The molecule has 7 heteroatoms. The average molecular weight is 762 g/mol. The van der Waals surface area contributed by atoms with Gasteiger partial charge >= 0.3 is 16.8 Å². The Morgan fingerprint density at radius 3 is 1.33 bits per heavy atom. The van der Waals surface area contributed by atoms with Crippen LogP contribution in [0, 0.1) is 0 Å². The molecule has 241 valence electrons. The number of benzene rings is 2. The molecule has 0 bridgehead atoms. The molecule has 3 aromatic rings. The van der Waals surface area contributed by atoms with E-state index in [-0.39, 0.29) is 50.7 Å². The monoisotopic (exact) mass is 759 g/mol. The molecule has 1 aromatic heterocycles. The third-order valence-electron chi connectivity index (χ3n) is 8.02. The summed E-state index contributed by atoms with van der Waals surface area (Å²) in [4.78, 5) is 7.23. The third-order valence-corrected chi connectivity index (χ3v) is 8.02. The van der Waals surface area contributed by atoms with Gasteiger partial charge < -0.3 is 44.6 Å². The molecule has 0 amide bonds. The van der Waals surface area contributed by atoms with Crippen LogP contribution in [0.3, 0.4) is 0 Å². The summed E-state index contributed by atoms with van der Waals surface area (Å²) in [5, 5.41) is 7.88. The van der Waals surface area contributed by atoms with E-state index in [0.29, 0.717) is 12.1 Å². The number of halogens is 2. The van der Waals surface area contributed by atoms with E-state index in [9.17, 15) is 0 Å². The normalized spacial score (nSPS) is 12.0. The molecule has 4 nitrogen and oxygen atoms in total. The van der Waals surface area contributed by atoms with E-state index in [1.54, 1.807) is 0 Å². The van der Waals surface area contributed by atoms with Crippen molar-refractivity contribution < 1.29 is 50.7 Å². The smallest absolute Gasteiger partial charge is 1.00 e. The van der Waals surface area contributed by atoms with Crippen LogP contribution in [-0.4, -0.2) is 35.1 Å². The molecule has 0 saturated heterocycles. The largest absolute Gasteiger partial charge is 2.00 e. The summed E-state index contributed by atoms with van der Waals surface area (Å²) in [5.74, 6) is 0. The molecule has 2 unspecified atom stereocenters. The third kappa shape index (κ3) is 12.1. The Bertz CT molecular complexity index is 1080. The summed E-state index contributed by atoms with van der Waals surface area (Å²) >= 11 is 0. The van der Waals surface area contributed by atoms with Crippen molar-refractivity contribution >= 4 is 11.4 Å². The Hall–Kier alpha value is -1.38. The molecule has 0 aliphatic rings. The van der Waals surface area contributed by atoms with Crippen molar-refractivity contribution in [2.75, 3.05) is 23.7 Å². The second-order valence-electron chi connectivity index (χ2n) is 11.3. The number of anilines is 2. The summed E-state index contributed by atoms with van der Waals surface area (Å²) < 4.78 is 0. The van der Waals surface area contributed by atoms with E-state index in [0.717, 1.165) is 63.9 Å². The minimum Gasteiger partial charge on any atom is -1.00 e. The van der Waals surface area contributed by atoms with E-state index >= 15 is 0 Å². The molecular formula is C36H54Br2CoN4. The van der Waals surface area contributed by atoms with Crippen LogP contribution in [0.4, 0.5) is 11.4 Å². The number of pyridine rings is 1. The molecule has 0 aliphatic carbocycles. The molecule has 1 radical (unpaired) electrons. The van der Waals surface area contributed by atoms with Crippen molar-refractivity contribution in [3.8, 4) is 0 Å². The van der Waals surface area contributed by atoms with Crippen LogP contribution in [0.25, 0.3) is 0 Å². The summed E-state index contributed by atoms with van der Waals surface area (Å²) in [6, 6.07) is 16.4. The fraction of sp³-hybridized carbons (Fsp3) is 0.528. The van der Waals surface area contributed by atoms with Gasteiger partial charge in [0.05, 0.1) is 5.69 Å². The first kappa shape index (κ1) is 41.6. The predicted octanol–water partition coefficient (Wildman–Crippen LogP) is 2.26. The molecule has 43 heavy (non-hydrogen) atoms. The maximum atomic E-state index is 4.67. The van der Waals surface area contributed by atoms with Gasteiger partial charge in [-0.1, -0.05) is 71.9 Å². The van der Waals surface area contributed by atoms with Gasteiger partial charge in [-0.15, -0.1) is 0 Å². The van der Waals surface area contributed by atoms with Gasteiger partial charge in [0.15, 0.2) is 0 Å². The Morgan fingerprint density at radius 2 is 1.02 bits per heavy atom. The second-order valence-corrected chi connectivity index (χ2v) is 11.3. The van der Waals surface area contributed by atoms with Gasteiger partial charge in [-0.25, -0.2) is 0 Å². The number of nitrogens with one attached hydrogen (secondary N) is 2. The molecule has 0 spiro atoms. The standard InChI is InChI=1S/C36H54N4.2BrH.Co/c1-9-28-19-30(11-3)35(31(12-4)20-28)38-26(7)23-40(25-34-17-15-16-18-37-34)24-27(8)39-36-32(13-5)21-29(10-2)22-33(36)14-6;;;/h15-22,26-27,38-39H,9-14,23-25H2,1-8H3;2*1H;/q;;;+2/p-2. The minimum atomic E-state index is 0. The van der Waals surface area contributed by atoms with Gasteiger partial charge in [-0.05, 0) is 97.9 Å². The van der Waals surface area contributed by atoms with Crippen molar-refractivity contribution in [1.82, 2.24) is 9.88 Å². The van der Waals surface area contributed by atoms with Crippen LogP contribution in [0.5, 0.6) is 0 Å². The SMILES string of the molecule is CCc1cc(CC)c(NC(C)CN(Cc2ccccn2)CC(C)Nc2c(CC)cc(CC)cc2CC)c(CC)c1.[Br-].[Br-].[Co+2]. The van der Waals surface area contributed by atoms with Gasteiger partial charge in [0.1, 0.15) is 0 Å². The maximum absolute atomic E-state index is 4.67. The molecule has 0 aliphatic heterocycles. The number of aryl methyl sites for hydroxylation is 6. The summed E-state index contributed by atoms with van der Waals surface area (Å²) in [5.41, 5.74) is 12.4. The van der Waals surface area contributed by atoms with Crippen molar-refractivity contribution in [1.29, 1.82) is 0 Å². The Kier molecular flexibility index (Phi) is 20.7. The van der Waals surface area contributed by atoms with Gasteiger partial charge in [0, 0.05) is 49.3 Å². The first-order chi connectivity index (χ1) is 19.3.